The van der Waals surface area contributed by atoms with Crippen LogP contribution >= 0.6 is 0 Å². The first-order chi connectivity index (χ1) is 13.8. The highest BCUT2D eigenvalue weighted by atomic mass is 32.2. The van der Waals surface area contributed by atoms with E-state index in [0.29, 0.717) is 5.75 Å². The van der Waals surface area contributed by atoms with Crippen LogP contribution in [0.3, 0.4) is 0 Å². The Morgan fingerprint density at radius 2 is 1.93 bits per heavy atom. The van der Waals surface area contributed by atoms with Gasteiger partial charge in [0.05, 0.1) is 11.1 Å². The lowest BCUT2D eigenvalue weighted by molar-refractivity contribution is -0.137. The minimum Gasteiger partial charge on any atom is -0.490 e. The minimum absolute atomic E-state index is 0.0214. The van der Waals surface area contributed by atoms with Crippen molar-refractivity contribution in [2.24, 2.45) is 0 Å². The predicted molar refractivity (Wildman–Crippen MR) is 105 cm³/mol. The zero-order chi connectivity index (χ0) is 21.3. The Hall–Kier alpha value is -2.98. The van der Waals surface area contributed by atoms with Gasteiger partial charge in [0.15, 0.2) is 0 Å². The summed E-state index contributed by atoms with van der Waals surface area (Å²) in [7, 11) is -3.97. The monoisotopic (exact) mass is 421 g/mol. The fourth-order valence-corrected chi connectivity index (χ4v) is 3.50. The lowest BCUT2D eigenvalue weighted by Gasteiger charge is -2.19. The molecule has 1 aromatic carbocycles. The van der Waals surface area contributed by atoms with Crippen LogP contribution < -0.4 is 14.8 Å². The molecule has 1 unspecified atom stereocenters. The maximum atomic E-state index is 12.7. The molecular weight excluding hydrogens is 398 g/mol. The summed E-state index contributed by atoms with van der Waals surface area (Å²) < 4.78 is 33.1. The SMILES string of the molecule is Cc1ccc(S(=O)(=O)NC(COc2cccnc2)C(=O)NCCCC(=O)O)cc1. The van der Waals surface area contributed by atoms with Crippen molar-refractivity contribution in [2.75, 3.05) is 13.2 Å². The first-order valence-electron chi connectivity index (χ1n) is 8.89. The maximum absolute atomic E-state index is 12.7. The van der Waals surface area contributed by atoms with Crippen molar-refractivity contribution in [1.29, 1.82) is 0 Å². The molecule has 0 aliphatic heterocycles. The van der Waals surface area contributed by atoms with Crippen LogP contribution in [0.4, 0.5) is 0 Å². The number of aromatic nitrogens is 1. The van der Waals surface area contributed by atoms with E-state index in [1.54, 1.807) is 30.5 Å². The van der Waals surface area contributed by atoms with Gasteiger partial charge in [-0.15, -0.1) is 0 Å². The third-order valence-corrected chi connectivity index (χ3v) is 5.35. The van der Waals surface area contributed by atoms with Gasteiger partial charge < -0.3 is 15.2 Å². The first kappa shape index (κ1) is 22.3. The van der Waals surface area contributed by atoms with E-state index in [1.807, 2.05) is 6.92 Å². The van der Waals surface area contributed by atoms with Crippen molar-refractivity contribution in [3.63, 3.8) is 0 Å². The number of pyridine rings is 1. The zero-order valence-corrected chi connectivity index (χ0v) is 16.7. The number of rotatable bonds is 11. The van der Waals surface area contributed by atoms with E-state index in [4.69, 9.17) is 9.84 Å². The highest BCUT2D eigenvalue weighted by molar-refractivity contribution is 7.89. The number of carboxylic acid groups (broad SMARTS) is 1. The Bertz CT molecular complexity index is 917. The van der Waals surface area contributed by atoms with Crippen LogP contribution in [-0.2, 0) is 19.6 Å². The molecule has 2 aromatic rings. The number of hydrogen-bond acceptors (Lipinski definition) is 6. The lowest BCUT2D eigenvalue weighted by Crippen LogP contribution is -2.50. The fraction of sp³-hybridized carbons (Fsp3) is 0.316. The topological polar surface area (TPSA) is 135 Å². The second kappa shape index (κ2) is 10.5. The van der Waals surface area contributed by atoms with Gasteiger partial charge in [0.25, 0.3) is 0 Å². The Morgan fingerprint density at radius 3 is 2.55 bits per heavy atom. The number of nitrogens with one attached hydrogen (secondary N) is 2. The van der Waals surface area contributed by atoms with Gasteiger partial charge in [-0.2, -0.15) is 4.72 Å². The molecule has 0 fully saturated rings. The van der Waals surface area contributed by atoms with E-state index in [0.717, 1.165) is 5.56 Å². The number of hydrogen-bond donors (Lipinski definition) is 3. The standard InChI is InChI=1S/C19H23N3O6S/c1-14-6-8-16(9-7-14)29(26,27)22-17(13-28-15-4-2-10-20-12-15)19(25)21-11-3-5-18(23)24/h2,4,6-10,12,17,22H,3,5,11,13H2,1H3,(H,21,25)(H,23,24). The Labute approximate surface area is 169 Å². The second-order valence-electron chi connectivity index (χ2n) is 6.27. The third-order valence-electron chi connectivity index (χ3n) is 3.86. The minimum atomic E-state index is -3.97. The summed E-state index contributed by atoms with van der Waals surface area (Å²) in [5.74, 6) is -1.21. The van der Waals surface area contributed by atoms with Crippen molar-refractivity contribution < 1.29 is 27.9 Å². The van der Waals surface area contributed by atoms with Crippen LogP contribution in [-0.4, -0.2) is 49.6 Å². The molecule has 156 valence electrons. The largest absolute Gasteiger partial charge is 0.490 e. The molecule has 0 saturated heterocycles. The molecule has 0 bridgehead atoms. The summed E-state index contributed by atoms with van der Waals surface area (Å²) >= 11 is 0. The summed E-state index contributed by atoms with van der Waals surface area (Å²) in [5, 5.41) is 11.2. The highest BCUT2D eigenvalue weighted by Gasteiger charge is 2.26. The Kier molecular flexibility index (Phi) is 8.10. The molecule has 29 heavy (non-hydrogen) atoms. The smallest absolute Gasteiger partial charge is 0.303 e. The van der Waals surface area contributed by atoms with Crippen molar-refractivity contribution in [2.45, 2.75) is 30.7 Å². The summed E-state index contributed by atoms with van der Waals surface area (Å²) in [6.07, 6.45) is 3.12. The number of sulfonamides is 1. The van der Waals surface area contributed by atoms with Crippen molar-refractivity contribution in [3.05, 3.63) is 54.4 Å². The van der Waals surface area contributed by atoms with E-state index < -0.39 is 27.9 Å². The molecule has 2 rings (SSSR count). The molecule has 0 saturated carbocycles. The normalized spacial score (nSPS) is 12.2. The van der Waals surface area contributed by atoms with Crippen LogP contribution in [0.25, 0.3) is 0 Å². The molecular formula is C19H23N3O6S. The van der Waals surface area contributed by atoms with E-state index in [-0.39, 0.29) is 30.9 Å². The Morgan fingerprint density at radius 1 is 1.21 bits per heavy atom. The summed E-state index contributed by atoms with van der Waals surface area (Å²) in [4.78, 5) is 27.0. The van der Waals surface area contributed by atoms with E-state index in [2.05, 4.69) is 15.0 Å². The summed E-state index contributed by atoms with van der Waals surface area (Å²) in [5.41, 5.74) is 0.900. The number of aliphatic carboxylic acids is 1. The molecule has 10 heteroatoms. The van der Waals surface area contributed by atoms with Gasteiger partial charge in [0, 0.05) is 19.2 Å². The van der Waals surface area contributed by atoms with E-state index in [9.17, 15) is 18.0 Å². The third kappa shape index (κ3) is 7.51. The molecule has 0 radical (unpaired) electrons. The van der Waals surface area contributed by atoms with Crippen LogP contribution in [0.1, 0.15) is 18.4 Å². The number of ether oxygens (including phenoxy) is 1. The number of nitrogens with zero attached hydrogens (tertiary/aromatic N) is 1. The number of carbonyl (C=O) groups excluding carboxylic acids is 1. The van der Waals surface area contributed by atoms with Gasteiger partial charge in [-0.25, -0.2) is 8.42 Å². The number of carboxylic acids is 1. The number of benzene rings is 1. The van der Waals surface area contributed by atoms with Crippen LogP contribution in [0.2, 0.25) is 0 Å². The van der Waals surface area contributed by atoms with E-state index in [1.165, 1.54) is 18.3 Å². The van der Waals surface area contributed by atoms with E-state index >= 15 is 0 Å². The van der Waals surface area contributed by atoms with Gasteiger partial charge in [-0.3, -0.25) is 14.6 Å². The molecule has 0 spiro atoms. The molecule has 1 heterocycles. The van der Waals surface area contributed by atoms with Crippen LogP contribution in [0.5, 0.6) is 5.75 Å². The molecule has 1 aromatic heterocycles. The van der Waals surface area contributed by atoms with Gasteiger partial charge in [-0.1, -0.05) is 17.7 Å². The van der Waals surface area contributed by atoms with Gasteiger partial charge in [-0.05, 0) is 37.6 Å². The highest BCUT2D eigenvalue weighted by Crippen LogP contribution is 2.12. The summed E-state index contributed by atoms with van der Waals surface area (Å²) in [6, 6.07) is 8.26. The van der Waals surface area contributed by atoms with Crippen LogP contribution in [0, 0.1) is 6.92 Å². The van der Waals surface area contributed by atoms with Crippen molar-refractivity contribution in [3.8, 4) is 5.75 Å². The molecule has 0 aliphatic rings. The number of carbonyl (C=O) groups is 2. The molecule has 1 atom stereocenters. The lowest BCUT2D eigenvalue weighted by atomic mass is 10.2. The molecule has 0 aliphatic carbocycles. The first-order valence-corrected chi connectivity index (χ1v) is 10.4. The quantitative estimate of drug-likeness (QED) is 0.462. The van der Waals surface area contributed by atoms with Crippen molar-refractivity contribution in [1.82, 2.24) is 15.0 Å². The molecule has 9 nitrogen and oxygen atoms in total. The number of aryl methyl sites for hydroxylation is 1. The average Bonchev–Trinajstić information content (AvgIpc) is 2.69. The molecule has 1 amide bonds. The van der Waals surface area contributed by atoms with Gasteiger partial charge in [0.2, 0.25) is 15.9 Å². The fourth-order valence-electron chi connectivity index (χ4n) is 2.32. The van der Waals surface area contributed by atoms with Gasteiger partial charge >= 0.3 is 5.97 Å². The zero-order valence-electron chi connectivity index (χ0n) is 15.9. The molecule has 3 N–H and O–H groups in total. The van der Waals surface area contributed by atoms with Crippen molar-refractivity contribution >= 4 is 21.9 Å². The van der Waals surface area contributed by atoms with Crippen LogP contribution in [0.15, 0.2) is 53.7 Å². The number of amides is 1. The maximum Gasteiger partial charge on any atom is 0.303 e. The summed E-state index contributed by atoms with van der Waals surface area (Å²) in [6.45, 7) is 1.67. The second-order valence-corrected chi connectivity index (χ2v) is 7.99. The Balaban J connectivity index is 2.08. The van der Waals surface area contributed by atoms with Gasteiger partial charge in [0.1, 0.15) is 18.4 Å². The predicted octanol–water partition coefficient (Wildman–Crippen LogP) is 1.10. The average molecular weight is 421 g/mol.